The van der Waals surface area contributed by atoms with Gasteiger partial charge in [0.05, 0.1) is 18.8 Å². The lowest BCUT2D eigenvalue weighted by Crippen LogP contribution is -2.46. The van der Waals surface area contributed by atoms with Crippen LogP contribution in [0.2, 0.25) is 0 Å². The molecule has 3 N–H and O–H groups in total. The first-order valence-corrected chi connectivity index (χ1v) is 7.90. The second kappa shape index (κ2) is 9.26. The van der Waals surface area contributed by atoms with Gasteiger partial charge in [-0.1, -0.05) is 12.1 Å². The van der Waals surface area contributed by atoms with E-state index in [9.17, 15) is 14.4 Å². The molecule has 126 valence electrons. The number of hydrogen-bond donors (Lipinski definition) is 3. The van der Waals surface area contributed by atoms with Crippen molar-refractivity contribution in [2.24, 2.45) is 0 Å². The first-order valence-electron chi connectivity index (χ1n) is 7.11. The molecule has 1 rings (SSSR count). The summed E-state index contributed by atoms with van der Waals surface area (Å²) in [6, 6.07) is 6.64. The number of nitrogens with zero attached hydrogens (tertiary/aromatic N) is 1. The summed E-state index contributed by atoms with van der Waals surface area (Å²) in [4.78, 5) is 36.5. The van der Waals surface area contributed by atoms with Gasteiger partial charge in [-0.05, 0) is 49.0 Å². The fraction of sp³-hybridized carbons (Fsp3) is 0.400. The zero-order valence-electron chi connectivity index (χ0n) is 13.4. The number of amides is 4. The van der Waals surface area contributed by atoms with Gasteiger partial charge < -0.3 is 10.6 Å². The molecule has 8 heteroatoms. The average molecular weight is 385 g/mol. The van der Waals surface area contributed by atoms with Crippen molar-refractivity contribution in [3.05, 3.63) is 28.7 Å². The fourth-order valence-electron chi connectivity index (χ4n) is 1.76. The first kappa shape index (κ1) is 19.1. The Labute approximate surface area is 143 Å². The minimum Gasteiger partial charge on any atom is -0.336 e. The van der Waals surface area contributed by atoms with E-state index in [4.69, 9.17) is 0 Å². The van der Waals surface area contributed by atoms with Crippen LogP contribution in [0.25, 0.3) is 0 Å². The lowest BCUT2D eigenvalue weighted by atomic mass is 10.3. The minimum absolute atomic E-state index is 0.0283. The zero-order valence-corrected chi connectivity index (χ0v) is 14.9. The van der Waals surface area contributed by atoms with Crippen LogP contribution in [0.3, 0.4) is 0 Å². The van der Waals surface area contributed by atoms with E-state index in [0.717, 1.165) is 4.47 Å². The number of nitrogens with one attached hydrogen (secondary N) is 3. The van der Waals surface area contributed by atoms with Gasteiger partial charge in [0.15, 0.2) is 0 Å². The Morgan fingerprint density at radius 1 is 1.13 bits per heavy atom. The van der Waals surface area contributed by atoms with Crippen molar-refractivity contribution in [1.82, 2.24) is 15.5 Å². The van der Waals surface area contributed by atoms with E-state index in [1.807, 2.05) is 18.2 Å². The van der Waals surface area contributed by atoms with Gasteiger partial charge in [-0.25, -0.2) is 4.79 Å². The Balaban J connectivity index is 2.39. The summed E-state index contributed by atoms with van der Waals surface area (Å²) in [6.07, 6.45) is 0. The number of imide groups is 1. The number of rotatable bonds is 6. The molecule has 0 fully saturated rings. The molecule has 0 unspecified atom stereocenters. The number of anilines is 1. The predicted octanol–water partition coefficient (Wildman–Crippen LogP) is 1.55. The monoisotopic (exact) mass is 384 g/mol. The van der Waals surface area contributed by atoms with Crippen LogP contribution in [-0.2, 0) is 9.59 Å². The zero-order chi connectivity index (χ0) is 17.4. The Morgan fingerprint density at radius 2 is 1.74 bits per heavy atom. The first-order chi connectivity index (χ1) is 10.8. The van der Waals surface area contributed by atoms with Crippen molar-refractivity contribution in [2.45, 2.75) is 19.9 Å². The van der Waals surface area contributed by atoms with Crippen LogP contribution in [0.5, 0.6) is 0 Å². The van der Waals surface area contributed by atoms with Gasteiger partial charge in [0.1, 0.15) is 0 Å². The van der Waals surface area contributed by atoms with Crippen molar-refractivity contribution < 1.29 is 14.4 Å². The van der Waals surface area contributed by atoms with Crippen LogP contribution < -0.4 is 16.0 Å². The maximum absolute atomic E-state index is 11.9. The summed E-state index contributed by atoms with van der Waals surface area (Å²) in [6.45, 7) is 3.56. The lowest BCUT2D eigenvalue weighted by molar-refractivity contribution is -0.122. The van der Waals surface area contributed by atoms with Gasteiger partial charge in [-0.2, -0.15) is 0 Å². The van der Waals surface area contributed by atoms with Gasteiger partial charge in [0, 0.05) is 10.5 Å². The van der Waals surface area contributed by atoms with Gasteiger partial charge in [-0.15, -0.1) is 0 Å². The topological polar surface area (TPSA) is 90.5 Å². The SMILES string of the molecule is CC(C)NC(=O)NC(=O)CN(C)CC(=O)Nc1ccccc1Br. The highest BCUT2D eigenvalue weighted by molar-refractivity contribution is 9.10. The lowest BCUT2D eigenvalue weighted by Gasteiger charge is -2.16. The second-order valence-corrected chi connectivity index (χ2v) is 6.23. The van der Waals surface area contributed by atoms with Crippen molar-refractivity contribution in [1.29, 1.82) is 0 Å². The van der Waals surface area contributed by atoms with Gasteiger partial charge in [0.25, 0.3) is 0 Å². The highest BCUT2D eigenvalue weighted by atomic mass is 79.9. The second-order valence-electron chi connectivity index (χ2n) is 5.38. The van der Waals surface area contributed by atoms with Crippen LogP contribution in [0.4, 0.5) is 10.5 Å². The molecule has 1 aromatic carbocycles. The number of benzene rings is 1. The largest absolute Gasteiger partial charge is 0.336 e. The minimum atomic E-state index is -0.545. The fourth-order valence-corrected chi connectivity index (χ4v) is 2.15. The number of likely N-dealkylation sites (N-methyl/N-ethyl adjacent to an activating group) is 1. The number of carbonyl (C=O) groups is 3. The molecular weight excluding hydrogens is 364 g/mol. The van der Waals surface area contributed by atoms with E-state index in [-0.39, 0.29) is 25.0 Å². The molecule has 0 heterocycles. The maximum atomic E-state index is 11.9. The third-order valence-electron chi connectivity index (χ3n) is 2.65. The summed E-state index contributed by atoms with van der Waals surface area (Å²) in [5, 5.41) is 7.50. The molecule has 0 atom stereocenters. The van der Waals surface area contributed by atoms with Crippen LogP contribution in [0.15, 0.2) is 28.7 Å². The molecular formula is C15H21BrN4O3. The van der Waals surface area contributed by atoms with Crippen molar-refractivity contribution in [3.8, 4) is 0 Å². The Hall–Kier alpha value is -1.93. The third-order valence-corrected chi connectivity index (χ3v) is 3.34. The van der Waals surface area contributed by atoms with Crippen molar-refractivity contribution in [2.75, 3.05) is 25.5 Å². The van der Waals surface area contributed by atoms with Crippen LogP contribution in [-0.4, -0.2) is 48.9 Å². The molecule has 4 amide bonds. The van der Waals surface area contributed by atoms with E-state index in [2.05, 4.69) is 31.9 Å². The highest BCUT2D eigenvalue weighted by Gasteiger charge is 2.14. The number of para-hydroxylation sites is 1. The average Bonchev–Trinajstić information content (AvgIpc) is 2.39. The maximum Gasteiger partial charge on any atom is 0.321 e. The van der Waals surface area contributed by atoms with Crippen molar-refractivity contribution >= 4 is 39.5 Å². The number of halogens is 1. The standard InChI is InChI=1S/C15H21BrN4O3/c1-10(2)17-15(23)19-14(22)9-20(3)8-13(21)18-12-7-5-4-6-11(12)16/h4-7,10H,8-9H2,1-3H3,(H,18,21)(H2,17,19,22,23). The molecule has 23 heavy (non-hydrogen) atoms. The molecule has 0 saturated heterocycles. The number of hydrogen-bond acceptors (Lipinski definition) is 4. The van der Waals surface area contributed by atoms with Gasteiger partial charge in [0.2, 0.25) is 11.8 Å². The van der Waals surface area contributed by atoms with E-state index in [1.165, 1.54) is 4.90 Å². The smallest absolute Gasteiger partial charge is 0.321 e. The summed E-state index contributed by atoms with van der Waals surface area (Å²) >= 11 is 3.34. The van der Waals surface area contributed by atoms with E-state index >= 15 is 0 Å². The van der Waals surface area contributed by atoms with E-state index in [0.29, 0.717) is 5.69 Å². The highest BCUT2D eigenvalue weighted by Crippen LogP contribution is 2.20. The summed E-state index contributed by atoms with van der Waals surface area (Å²) in [5.41, 5.74) is 0.659. The van der Waals surface area contributed by atoms with E-state index < -0.39 is 11.9 Å². The predicted molar refractivity (Wildman–Crippen MR) is 92.1 cm³/mol. The molecule has 0 bridgehead atoms. The Kier molecular flexibility index (Phi) is 7.70. The molecule has 1 aromatic rings. The molecule has 0 aliphatic rings. The van der Waals surface area contributed by atoms with Gasteiger partial charge in [-0.3, -0.25) is 19.8 Å². The third kappa shape index (κ3) is 7.75. The molecule has 0 aliphatic heterocycles. The van der Waals surface area contributed by atoms with Crippen LogP contribution >= 0.6 is 15.9 Å². The van der Waals surface area contributed by atoms with Gasteiger partial charge >= 0.3 is 6.03 Å². The molecule has 0 saturated carbocycles. The Bertz CT molecular complexity index is 578. The summed E-state index contributed by atoms with van der Waals surface area (Å²) < 4.78 is 0.777. The number of urea groups is 1. The molecule has 0 spiro atoms. The molecule has 0 radical (unpaired) electrons. The van der Waals surface area contributed by atoms with Crippen LogP contribution in [0, 0.1) is 0 Å². The number of carbonyl (C=O) groups excluding carboxylic acids is 3. The van der Waals surface area contributed by atoms with Crippen LogP contribution in [0.1, 0.15) is 13.8 Å². The molecule has 0 aromatic heterocycles. The summed E-state index contributed by atoms with van der Waals surface area (Å²) in [7, 11) is 1.62. The molecule has 0 aliphatic carbocycles. The van der Waals surface area contributed by atoms with Crippen molar-refractivity contribution in [3.63, 3.8) is 0 Å². The quantitative estimate of drug-likeness (QED) is 0.693. The van der Waals surface area contributed by atoms with E-state index in [1.54, 1.807) is 27.0 Å². The molecule has 7 nitrogen and oxygen atoms in total. The summed E-state index contributed by atoms with van der Waals surface area (Å²) in [5.74, 6) is -0.724. The Morgan fingerprint density at radius 3 is 2.35 bits per heavy atom. The normalized spacial score (nSPS) is 10.5.